The van der Waals surface area contributed by atoms with Crippen molar-refractivity contribution in [1.82, 2.24) is 10.2 Å². The first kappa shape index (κ1) is 25.0. The first-order valence-corrected chi connectivity index (χ1v) is 11.9. The van der Waals surface area contributed by atoms with Crippen LogP contribution in [0.2, 0.25) is 0 Å². The second kappa shape index (κ2) is 12.6. The molecule has 1 saturated heterocycles. The number of hydrogen-bond donors (Lipinski definition) is 3. The molecule has 4 N–H and O–H groups in total. The molecule has 33 heavy (non-hydrogen) atoms. The van der Waals surface area contributed by atoms with E-state index in [1.165, 1.54) is 5.69 Å². The Balaban J connectivity index is 1.31. The number of carbonyl (C=O) groups excluding carboxylic acids is 1. The molecule has 3 rings (SSSR count). The van der Waals surface area contributed by atoms with Crippen LogP contribution in [0.4, 0.5) is 5.69 Å². The summed E-state index contributed by atoms with van der Waals surface area (Å²) in [6.07, 6.45) is -0.375. The number of aliphatic hydroxyl groups excluding tert-OH is 1. The summed E-state index contributed by atoms with van der Waals surface area (Å²) in [7, 11) is 0. The predicted octanol–water partition coefficient (Wildman–Crippen LogP) is 1.89. The van der Waals surface area contributed by atoms with Crippen LogP contribution in [0.25, 0.3) is 0 Å². The van der Waals surface area contributed by atoms with Crippen LogP contribution in [0.5, 0.6) is 5.75 Å². The van der Waals surface area contributed by atoms with Crippen molar-refractivity contribution in [1.29, 1.82) is 0 Å². The fraction of sp³-hybridized carbons (Fsp3) is 0.500. The monoisotopic (exact) mass is 454 g/mol. The van der Waals surface area contributed by atoms with Gasteiger partial charge >= 0.3 is 0 Å². The maximum Gasteiger partial charge on any atom is 0.224 e. The number of nitrogens with two attached hydrogens (primary N) is 1. The lowest BCUT2D eigenvalue weighted by atomic mass is 10.0. The van der Waals surface area contributed by atoms with Crippen LogP contribution in [-0.4, -0.2) is 73.9 Å². The van der Waals surface area contributed by atoms with Gasteiger partial charge in [-0.25, -0.2) is 0 Å². The second-order valence-electron chi connectivity index (χ2n) is 9.03. The number of benzene rings is 2. The number of amides is 1. The second-order valence-corrected chi connectivity index (χ2v) is 9.03. The molecule has 0 saturated carbocycles. The highest BCUT2D eigenvalue weighted by atomic mass is 16.5. The van der Waals surface area contributed by atoms with Crippen molar-refractivity contribution < 1.29 is 14.6 Å². The van der Waals surface area contributed by atoms with Gasteiger partial charge in [-0.05, 0) is 35.7 Å². The fourth-order valence-electron chi connectivity index (χ4n) is 3.91. The molecule has 0 bridgehead atoms. The number of anilines is 1. The predicted molar refractivity (Wildman–Crippen MR) is 133 cm³/mol. The van der Waals surface area contributed by atoms with E-state index in [1.807, 2.05) is 44.2 Å². The molecule has 1 heterocycles. The minimum atomic E-state index is -0.711. The molecule has 1 aliphatic heterocycles. The van der Waals surface area contributed by atoms with Crippen molar-refractivity contribution in [3.8, 4) is 5.75 Å². The number of carbonyl (C=O) groups is 1. The fourth-order valence-corrected chi connectivity index (χ4v) is 3.91. The quantitative estimate of drug-likeness (QED) is 0.480. The zero-order valence-corrected chi connectivity index (χ0v) is 19.8. The van der Waals surface area contributed by atoms with E-state index in [0.717, 1.165) is 38.3 Å². The van der Waals surface area contributed by atoms with Crippen LogP contribution in [0, 0.1) is 5.92 Å². The highest BCUT2D eigenvalue weighted by Crippen LogP contribution is 2.16. The van der Waals surface area contributed by atoms with Crippen molar-refractivity contribution in [2.75, 3.05) is 50.8 Å². The van der Waals surface area contributed by atoms with Crippen LogP contribution >= 0.6 is 0 Å². The van der Waals surface area contributed by atoms with Crippen LogP contribution in [0.1, 0.15) is 19.4 Å². The van der Waals surface area contributed by atoms with Gasteiger partial charge in [-0.3, -0.25) is 9.69 Å². The number of hydrogen-bond acceptors (Lipinski definition) is 6. The summed E-state index contributed by atoms with van der Waals surface area (Å²) in [4.78, 5) is 17.1. The van der Waals surface area contributed by atoms with E-state index >= 15 is 0 Å². The molecule has 2 aromatic carbocycles. The summed E-state index contributed by atoms with van der Waals surface area (Å²) < 4.78 is 5.63. The van der Waals surface area contributed by atoms with Gasteiger partial charge in [0, 0.05) is 51.0 Å². The van der Waals surface area contributed by atoms with Crippen molar-refractivity contribution in [3.63, 3.8) is 0 Å². The Bertz CT molecular complexity index is 836. The summed E-state index contributed by atoms with van der Waals surface area (Å²) in [5.41, 5.74) is 8.14. The molecule has 1 fully saturated rings. The Morgan fingerprint density at radius 2 is 1.73 bits per heavy atom. The summed E-state index contributed by atoms with van der Waals surface area (Å²) in [5, 5.41) is 13.1. The normalized spacial score (nSPS) is 16.5. The van der Waals surface area contributed by atoms with E-state index in [-0.39, 0.29) is 24.5 Å². The van der Waals surface area contributed by atoms with Crippen LogP contribution in [-0.2, 0) is 11.2 Å². The maximum atomic E-state index is 12.3. The Hall–Kier alpha value is -2.61. The Labute approximate surface area is 197 Å². The Morgan fingerprint density at radius 3 is 2.36 bits per heavy atom. The molecule has 0 aromatic heterocycles. The maximum absolute atomic E-state index is 12.3. The zero-order chi connectivity index (χ0) is 23.6. The summed E-state index contributed by atoms with van der Waals surface area (Å²) in [5.74, 6) is 0.858. The number of aliphatic hydroxyl groups is 1. The molecule has 0 spiro atoms. The van der Waals surface area contributed by atoms with Gasteiger partial charge in [-0.1, -0.05) is 44.2 Å². The number of nitrogens with zero attached hydrogens (tertiary/aromatic N) is 2. The smallest absolute Gasteiger partial charge is 0.224 e. The third-order valence-electron chi connectivity index (χ3n) is 6.17. The Kier molecular flexibility index (Phi) is 9.54. The van der Waals surface area contributed by atoms with E-state index < -0.39 is 6.10 Å². The molecule has 2 atom stereocenters. The van der Waals surface area contributed by atoms with Gasteiger partial charge in [-0.2, -0.15) is 0 Å². The first-order valence-electron chi connectivity index (χ1n) is 11.9. The van der Waals surface area contributed by atoms with Crippen molar-refractivity contribution in [2.24, 2.45) is 11.7 Å². The average Bonchev–Trinajstić information content (AvgIpc) is 2.84. The molecule has 2 aromatic rings. The summed E-state index contributed by atoms with van der Waals surface area (Å²) in [6.45, 7) is 9.63. The van der Waals surface area contributed by atoms with Gasteiger partial charge in [0.05, 0.1) is 6.42 Å². The third-order valence-corrected chi connectivity index (χ3v) is 6.17. The van der Waals surface area contributed by atoms with Gasteiger partial charge < -0.3 is 25.8 Å². The largest absolute Gasteiger partial charge is 0.491 e. The SMILES string of the molecule is CC(C)C(N)[C@H](O)COc1ccc(CC(=O)NCCN2CCN(c3ccccc3)CC2)cc1. The molecule has 7 nitrogen and oxygen atoms in total. The lowest BCUT2D eigenvalue weighted by Gasteiger charge is -2.36. The van der Waals surface area contributed by atoms with Gasteiger partial charge in [-0.15, -0.1) is 0 Å². The highest BCUT2D eigenvalue weighted by molar-refractivity contribution is 5.78. The molecule has 7 heteroatoms. The Morgan fingerprint density at radius 1 is 1.06 bits per heavy atom. The van der Waals surface area contributed by atoms with Crippen LogP contribution in [0.3, 0.4) is 0 Å². The standard InChI is InChI=1S/C26H38N4O3/c1-20(2)26(27)24(31)19-33-23-10-8-21(9-11-23)18-25(32)28-12-13-29-14-16-30(17-15-29)22-6-4-3-5-7-22/h3-11,20,24,26,31H,12-19,27H2,1-2H3,(H,28,32)/t24-,26?/m1/s1. The lowest BCUT2D eigenvalue weighted by molar-refractivity contribution is -0.120. The molecule has 1 aliphatic rings. The molecular formula is C26H38N4O3. The minimum absolute atomic E-state index is 0.0184. The lowest BCUT2D eigenvalue weighted by Crippen LogP contribution is -2.48. The van der Waals surface area contributed by atoms with Crippen molar-refractivity contribution >= 4 is 11.6 Å². The van der Waals surface area contributed by atoms with Crippen molar-refractivity contribution in [3.05, 3.63) is 60.2 Å². The third kappa shape index (κ3) is 8.03. The van der Waals surface area contributed by atoms with E-state index in [9.17, 15) is 9.90 Å². The average molecular weight is 455 g/mol. The number of nitrogens with one attached hydrogen (secondary N) is 1. The molecular weight excluding hydrogens is 416 g/mol. The highest BCUT2D eigenvalue weighted by Gasteiger charge is 2.19. The topological polar surface area (TPSA) is 91.1 Å². The van der Waals surface area contributed by atoms with E-state index in [4.69, 9.17) is 10.5 Å². The van der Waals surface area contributed by atoms with Gasteiger partial charge in [0.1, 0.15) is 18.5 Å². The summed E-state index contributed by atoms with van der Waals surface area (Å²) in [6, 6.07) is 17.6. The molecule has 0 aliphatic carbocycles. The zero-order valence-electron chi connectivity index (χ0n) is 19.8. The summed E-state index contributed by atoms with van der Waals surface area (Å²) >= 11 is 0. The molecule has 1 amide bonds. The number of para-hydroxylation sites is 1. The van der Waals surface area contributed by atoms with Crippen molar-refractivity contribution in [2.45, 2.75) is 32.4 Å². The molecule has 1 unspecified atom stereocenters. The first-order chi connectivity index (χ1) is 15.9. The van der Waals surface area contributed by atoms with Crippen LogP contribution in [0.15, 0.2) is 54.6 Å². The van der Waals surface area contributed by atoms with Crippen LogP contribution < -0.4 is 20.7 Å². The van der Waals surface area contributed by atoms with E-state index in [1.54, 1.807) is 0 Å². The number of rotatable bonds is 11. The van der Waals surface area contributed by atoms with Gasteiger partial charge in [0.2, 0.25) is 5.91 Å². The van der Waals surface area contributed by atoms with E-state index in [0.29, 0.717) is 18.7 Å². The molecule has 0 radical (unpaired) electrons. The van der Waals surface area contributed by atoms with Gasteiger partial charge in [0.25, 0.3) is 0 Å². The minimum Gasteiger partial charge on any atom is -0.491 e. The number of piperazine rings is 1. The van der Waals surface area contributed by atoms with Gasteiger partial charge in [0.15, 0.2) is 0 Å². The molecule has 180 valence electrons. The number of ether oxygens (including phenoxy) is 1. The van der Waals surface area contributed by atoms with E-state index in [2.05, 4.69) is 39.4 Å².